The molecule has 1 saturated heterocycles. The van der Waals surface area contributed by atoms with Crippen molar-refractivity contribution in [2.45, 2.75) is 25.1 Å². The van der Waals surface area contributed by atoms with Crippen LogP contribution in [0.2, 0.25) is 0 Å². The van der Waals surface area contributed by atoms with Gasteiger partial charge in [0.05, 0.1) is 5.56 Å². The number of hydrogen-bond donors (Lipinski definition) is 0. The first-order valence-corrected chi connectivity index (χ1v) is 9.53. The molecule has 1 amide bonds. The van der Waals surface area contributed by atoms with Gasteiger partial charge in [-0.25, -0.2) is 4.39 Å². The molecule has 3 aromatic rings. The number of likely N-dealkylation sites (tertiary alicyclic amines) is 1. The lowest BCUT2D eigenvalue weighted by Crippen LogP contribution is -2.42. The molecule has 0 spiro atoms. The third-order valence-corrected chi connectivity index (χ3v) is 4.92. The van der Waals surface area contributed by atoms with E-state index in [0.29, 0.717) is 37.2 Å². The number of carbonyl (C=O) groups excluding carboxylic acids is 1. The van der Waals surface area contributed by atoms with E-state index >= 15 is 0 Å². The lowest BCUT2D eigenvalue weighted by Gasteiger charge is -2.32. The molecule has 6 nitrogen and oxygen atoms in total. The van der Waals surface area contributed by atoms with E-state index in [2.05, 4.69) is 14.7 Å². The van der Waals surface area contributed by atoms with Crippen molar-refractivity contribution in [2.24, 2.45) is 0 Å². The third kappa shape index (κ3) is 4.68. The van der Waals surface area contributed by atoms with Crippen LogP contribution in [-0.2, 0) is 6.18 Å². The second-order valence-corrected chi connectivity index (χ2v) is 7.03. The predicted octanol–water partition coefficient (Wildman–Crippen LogP) is 4.58. The smallest absolute Gasteiger partial charge is 0.471 e. The van der Waals surface area contributed by atoms with E-state index in [0.717, 1.165) is 0 Å². The number of carbonyl (C=O) groups is 1. The van der Waals surface area contributed by atoms with Crippen LogP contribution in [-0.4, -0.2) is 40.1 Å². The Hall–Kier alpha value is -3.43. The van der Waals surface area contributed by atoms with Gasteiger partial charge < -0.3 is 14.2 Å². The molecule has 0 N–H and O–H groups in total. The minimum atomic E-state index is -4.70. The highest BCUT2D eigenvalue weighted by Gasteiger charge is 2.38. The number of alkyl halides is 3. The van der Waals surface area contributed by atoms with Gasteiger partial charge in [-0.15, -0.1) is 0 Å². The molecule has 0 bridgehead atoms. The molecule has 10 heteroatoms. The first-order valence-electron chi connectivity index (χ1n) is 9.53. The number of hydrogen-bond acceptors (Lipinski definition) is 5. The van der Waals surface area contributed by atoms with Crippen LogP contribution in [0, 0.1) is 5.82 Å². The maximum absolute atomic E-state index is 13.8. The molecule has 0 radical (unpaired) electrons. The molecule has 1 aliphatic heterocycles. The van der Waals surface area contributed by atoms with Crippen molar-refractivity contribution in [3.8, 4) is 17.1 Å². The first kappa shape index (κ1) is 20.8. The van der Waals surface area contributed by atoms with E-state index < -0.39 is 17.9 Å². The highest BCUT2D eigenvalue weighted by atomic mass is 19.4. The van der Waals surface area contributed by atoms with Crippen LogP contribution < -0.4 is 4.74 Å². The van der Waals surface area contributed by atoms with E-state index in [-0.39, 0.29) is 23.4 Å². The Morgan fingerprint density at radius 3 is 2.35 bits per heavy atom. The molecular formula is C21H17F4N3O3. The fourth-order valence-corrected chi connectivity index (χ4v) is 3.31. The highest BCUT2D eigenvalue weighted by molar-refractivity contribution is 5.94. The van der Waals surface area contributed by atoms with Gasteiger partial charge in [-0.1, -0.05) is 17.3 Å². The summed E-state index contributed by atoms with van der Waals surface area (Å²) >= 11 is 0. The summed E-state index contributed by atoms with van der Waals surface area (Å²) in [5.74, 6) is -1.94. The number of nitrogens with zero attached hydrogens (tertiary/aromatic N) is 3. The van der Waals surface area contributed by atoms with E-state index in [4.69, 9.17) is 4.74 Å². The topological polar surface area (TPSA) is 68.5 Å². The van der Waals surface area contributed by atoms with Gasteiger partial charge in [0.2, 0.25) is 5.82 Å². The fraction of sp³-hybridized carbons (Fsp3) is 0.286. The number of rotatable bonds is 4. The Kier molecular flexibility index (Phi) is 5.62. The van der Waals surface area contributed by atoms with Gasteiger partial charge >= 0.3 is 12.1 Å². The summed E-state index contributed by atoms with van der Waals surface area (Å²) in [6.07, 6.45) is -3.70. The first-order chi connectivity index (χ1) is 14.8. The van der Waals surface area contributed by atoms with Crippen LogP contribution in [0.25, 0.3) is 11.4 Å². The lowest BCUT2D eigenvalue weighted by molar-refractivity contribution is -0.159. The van der Waals surface area contributed by atoms with Crippen molar-refractivity contribution in [1.29, 1.82) is 0 Å². The zero-order valence-corrected chi connectivity index (χ0v) is 16.1. The molecule has 0 saturated carbocycles. The number of halogens is 4. The molecule has 1 aromatic heterocycles. The zero-order chi connectivity index (χ0) is 22.0. The molecule has 1 fully saturated rings. The van der Waals surface area contributed by atoms with Crippen LogP contribution in [0.4, 0.5) is 17.6 Å². The average Bonchev–Trinajstić information content (AvgIpc) is 3.26. The van der Waals surface area contributed by atoms with Gasteiger partial charge in [-0.3, -0.25) is 4.79 Å². The van der Waals surface area contributed by atoms with Crippen LogP contribution in [0.5, 0.6) is 5.75 Å². The van der Waals surface area contributed by atoms with Crippen molar-refractivity contribution >= 4 is 5.91 Å². The van der Waals surface area contributed by atoms with Crippen LogP contribution in [0.1, 0.15) is 29.1 Å². The Bertz CT molecular complexity index is 1060. The van der Waals surface area contributed by atoms with Gasteiger partial charge in [0.15, 0.2) is 0 Å². The summed E-state index contributed by atoms with van der Waals surface area (Å²) in [5, 5.41) is 3.34. The van der Waals surface area contributed by atoms with E-state index in [1.807, 2.05) is 0 Å². The maximum Gasteiger partial charge on any atom is 0.471 e. The van der Waals surface area contributed by atoms with Gasteiger partial charge in [0.1, 0.15) is 17.7 Å². The third-order valence-electron chi connectivity index (χ3n) is 4.92. The quantitative estimate of drug-likeness (QED) is 0.562. The number of benzene rings is 2. The van der Waals surface area contributed by atoms with Crippen molar-refractivity contribution in [3.05, 3.63) is 65.8 Å². The van der Waals surface area contributed by atoms with E-state index in [9.17, 15) is 22.4 Å². The maximum atomic E-state index is 13.8. The molecule has 2 aromatic carbocycles. The zero-order valence-electron chi connectivity index (χ0n) is 16.1. The van der Waals surface area contributed by atoms with Gasteiger partial charge in [-0.2, -0.15) is 18.2 Å². The molecule has 31 heavy (non-hydrogen) atoms. The Balaban J connectivity index is 1.33. The van der Waals surface area contributed by atoms with E-state index in [1.54, 1.807) is 23.1 Å². The predicted molar refractivity (Wildman–Crippen MR) is 101 cm³/mol. The highest BCUT2D eigenvalue weighted by Crippen LogP contribution is 2.30. The minimum Gasteiger partial charge on any atom is -0.490 e. The molecule has 0 unspecified atom stereocenters. The second kappa shape index (κ2) is 8.37. The van der Waals surface area contributed by atoms with Crippen molar-refractivity contribution in [2.75, 3.05) is 13.1 Å². The summed E-state index contributed by atoms with van der Waals surface area (Å²) in [4.78, 5) is 17.4. The van der Waals surface area contributed by atoms with E-state index in [1.165, 1.54) is 30.3 Å². The number of piperidine rings is 1. The summed E-state index contributed by atoms with van der Waals surface area (Å²) < 4.78 is 61.7. The van der Waals surface area contributed by atoms with Crippen LogP contribution in [0.3, 0.4) is 0 Å². The van der Waals surface area contributed by atoms with Gasteiger partial charge in [-0.05, 0) is 36.4 Å². The number of aromatic nitrogens is 2. The standard InChI is InChI=1S/C21H17F4N3O3/c22-17-4-2-1-3-16(17)19(29)28-11-9-15(10-12-28)30-14-7-5-13(6-8-14)18-26-20(31-27-18)21(23,24)25/h1-8,15H,9-12H2. The van der Waals surface area contributed by atoms with Crippen molar-refractivity contribution < 1.29 is 31.6 Å². The summed E-state index contributed by atoms with van der Waals surface area (Å²) in [5.41, 5.74) is 0.407. The number of amides is 1. The second-order valence-electron chi connectivity index (χ2n) is 7.03. The molecular weight excluding hydrogens is 418 g/mol. The van der Waals surface area contributed by atoms with Gasteiger partial charge in [0.25, 0.3) is 5.91 Å². The van der Waals surface area contributed by atoms with Crippen LogP contribution in [0.15, 0.2) is 53.1 Å². The van der Waals surface area contributed by atoms with Crippen molar-refractivity contribution in [3.63, 3.8) is 0 Å². The molecule has 162 valence electrons. The Labute approximate surface area is 174 Å². The summed E-state index contributed by atoms with van der Waals surface area (Å²) in [6, 6.07) is 12.2. The molecule has 0 atom stereocenters. The lowest BCUT2D eigenvalue weighted by atomic mass is 10.1. The normalized spacial score (nSPS) is 15.2. The Morgan fingerprint density at radius 1 is 1.06 bits per heavy atom. The Morgan fingerprint density at radius 2 is 1.74 bits per heavy atom. The number of ether oxygens (including phenoxy) is 1. The summed E-state index contributed by atoms with van der Waals surface area (Å²) in [7, 11) is 0. The SMILES string of the molecule is O=C(c1ccccc1F)N1CCC(Oc2ccc(-c3noc(C(F)(F)F)n3)cc2)CC1. The molecule has 1 aliphatic rings. The largest absolute Gasteiger partial charge is 0.490 e. The monoisotopic (exact) mass is 435 g/mol. The molecule has 2 heterocycles. The average molecular weight is 435 g/mol. The molecule has 0 aliphatic carbocycles. The van der Waals surface area contributed by atoms with Gasteiger partial charge in [0, 0.05) is 31.5 Å². The molecule has 4 rings (SSSR count). The minimum absolute atomic E-state index is 0.0487. The fourth-order valence-electron chi connectivity index (χ4n) is 3.31. The van der Waals surface area contributed by atoms with Crippen molar-refractivity contribution in [1.82, 2.24) is 15.0 Å². The van der Waals surface area contributed by atoms with Crippen LogP contribution >= 0.6 is 0 Å². The summed E-state index contributed by atoms with van der Waals surface area (Å²) in [6.45, 7) is 0.859.